The summed E-state index contributed by atoms with van der Waals surface area (Å²) in [5.41, 5.74) is 2.77. The van der Waals surface area contributed by atoms with Crippen molar-refractivity contribution in [3.63, 3.8) is 0 Å². The molecular weight excluding hydrogens is 466 g/mol. The molecule has 4 rings (SSSR count). The van der Waals surface area contributed by atoms with Gasteiger partial charge < -0.3 is 25.0 Å². The maximum absolute atomic E-state index is 12.7. The van der Waals surface area contributed by atoms with Crippen LogP contribution in [0, 0.1) is 0 Å². The first kappa shape index (κ1) is 25.3. The molecule has 0 heterocycles. The van der Waals surface area contributed by atoms with Crippen molar-refractivity contribution in [1.82, 2.24) is 0 Å². The Morgan fingerprint density at radius 1 is 0.676 bits per heavy atom. The van der Waals surface area contributed by atoms with Crippen LogP contribution in [-0.2, 0) is 4.79 Å². The number of amides is 2. The second kappa shape index (κ2) is 12.8. The van der Waals surface area contributed by atoms with E-state index in [9.17, 15) is 9.59 Å². The van der Waals surface area contributed by atoms with Gasteiger partial charge in [0.2, 0.25) is 5.91 Å². The Labute approximate surface area is 216 Å². The Kier molecular flexibility index (Phi) is 8.75. The number of nitrogens with zero attached hydrogens (tertiary/aromatic N) is 1. The fraction of sp³-hybridized carbons (Fsp3) is 0.133. The summed E-state index contributed by atoms with van der Waals surface area (Å²) in [6.07, 6.45) is 0. The highest BCUT2D eigenvalue weighted by Crippen LogP contribution is 2.18. The quantitative estimate of drug-likeness (QED) is 0.270. The number of hydrogen-bond acceptors (Lipinski definition) is 5. The van der Waals surface area contributed by atoms with E-state index in [1.165, 1.54) is 0 Å². The lowest BCUT2D eigenvalue weighted by atomic mass is 10.1. The van der Waals surface area contributed by atoms with Crippen molar-refractivity contribution in [2.75, 3.05) is 42.3 Å². The maximum atomic E-state index is 12.7. The van der Waals surface area contributed by atoms with E-state index in [1.54, 1.807) is 36.2 Å². The Balaban J connectivity index is 1.18. The number of benzene rings is 4. The van der Waals surface area contributed by atoms with Gasteiger partial charge in [0.25, 0.3) is 5.91 Å². The highest BCUT2D eigenvalue weighted by molar-refractivity contribution is 6.06. The van der Waals surface area contributed by atoms with Crippen molar-refractivity contribution in [3.8, 4) is 11.5 Å². The van der Waals surface area contributed by atoms with Gasteiger partial charge in [0.1, 0.15) is 24.7 Å². The van der Waals surface area contributed by atoms with Gasteiger partial charge in [-0.1, -0.05) is 36.4 Å². The van der Waals surface area contributed by atoms with Gasteiger partial charge in [-0.3, -0.25) is 9.59 Å². The van der Waals surface area contributed by atoms with E-state index in [0.717, 1.165) is 22.9 Å². The minimum Gasteiger partial charge on any atom is -0.490 e. The Morgan fingerprint density at radius 2 is 1.22 bits per heavy atom. The lowest BCUT2D eigenvalue weighted by molar-refractivity contribution is -0.114. The summed E-state index contributed by atoms with van der Waals surface area (Å²) >= 11 is 0. The highest BCUT2D eigenvalue weighted by Gasteiger charge is 2.13. The SMILES string of the molecule is CN(C(=O)c1ccc(NC(=O)CNc2ccc(OCCOc3ccccc3)cc2)cc1)c1ccccc1. The molecule has 0 spiro atoms. The van der Waals surface area contributed by atoms with Crippen molar-refractivity contribution in [3.05, 3.63) is 115 Å². The fourth-order valence-electron chi connectivity index (χ4n) is 3.55. The van der Waals surface area contributed by atoms with E-state index in [2.05, 4.69) is 10.6 Å². The molecule has 0 aliphatic heterocycles. The van der Waals surface area contributed by atoms with Crippen LogP contribution in [0.3, 0.4) is 0 Å². The zero-order chi connectivity index (χ0) is 25.9. The van der Waals surface area contributed by atoms with Crippen LogP contribution in [0.4, 0.5) is 17.1 Å². The third-order valence-corrected chi connectivity index (χ3v) is 5.54. The zero-order valence-corrected chi connectivity index (χ0v) is 20.6. The number of nitrogens with one attached hydrogen (secondary N) is 2. The van der Waals surface area contributed by atoms with Crippen LogP contribution in [0.1, 0.15) is 10.4 Å². The molecule has 4 aromatic rings. The Hall–Kier alpha value is -4.78. The molecule has 188 valence electrons. The van der Waals surface area contributed by atoms with Gasteiger partial charge in [-0.15, -0.1) is 0 Å². The van der Waals surface area contributed by atoms with E-state index >= 15 is 0 Å². The van der Waals surface area contributed by atoms with Gasteiger partial charge in [0, 0.05) is 29.7 Å². The average Bonchev–Trinajstić information content (AvgIpc) is 2.95. The van der Waals surface area contributed by atoms with Crippen molar-refractivity contribution in [2.24, 2.45) is 0 Å². The lowest BCUT2D eigenvalue weighted by Crippen LogP contribution is -2.26. The van der Waals surface area contributed by atoms with Crippen LogP contribution < -0.4 is 25.0 Å². The van der Waals surface area contributed by atoms with Crippen molar-refractivity contribution in [1.29, 1.82) is 0 Å². The number of carbonyl (C=O) groups excluding carboxylic acids is 2. The molecule has 0 saturated heterocycles. The largest absolute Gasteiger partial charge is 0.490 e. The predicted octanol–water partition coefficient (Wildman–Crippen LogP) is 5.47. The van der Waals surface area contributed by atoms with Crippen LogP contribution in [0.5, 0.6) is 11.5 Å². The molecule has 0 unspecified atom stereocenters. The Morgan fingerprint density at radius 3 is 1.84 bits per heavy atom. The standard InChI is InChI=1S/C30H29N3O4/c1-33(26-8-4-2-5-9-26)30(35)23-12-14-25(15-13-23)32-29(34)22-31-24-16-18-28(19-17-24)37-21-20-36-27-10-6-3-7-11-27/h2-19,31H,20-22H2,1H3,(H,32,34). The maximum Gasteiger partial charge on any atom is 0.258 e. The lowest BCUT2D eigenvalue weighted by Gasteiger charge is -2.17. The number of ether oxygens (including phenoxy) is 2. The first-order valence-electron chi connectivity index (χ1n) is 12.0. The number of carbonyl (C=O) groups is 2. The molecule has 0 aromatic heterocycles. The molecule has 37 heavy (non-hydrogen) atoms. The molecule has 0 aliphatic rings. The van der Waals surface area contributed by atoms with Crippen LogP contribution >= 0.6 is 0 Å². The molecule has 0 bridgehead atoms. The van der Waals surface area contributed by atoms with E-state index < -0.39 is 0 Å². The summed E-state index contributed by atoms with van der Waals surface area (Å²) in [5.74, 6) is 1.21. The van der Waals surface area contributed by atoms with Gasteiger partial charge in [-0.05, 0) is 72.8 Å². The number of hydrogen-bond donors (Lipinski definition) is 2. The summed E-state index contributed by atoms with van der Waals surface area (Å²) in [7, 11) is 1.73. The fourth-order valence-corrected chi connectivity index (χ4v) is 3.55. The highest BCUT2D eigenvalue weighted by atomic mass is 16.5. The van der Waals surface area contributed by atoms with E-state index in [0.29, 0.717) is 24.5 Å². The topological polar surface area (TPSA) is 79.9 Å². The summed E-state index contributed by atoms with van der Waals surface area (Å²) in [4.78, 5) is 26.7. The number of anilines is 3. The van der Waals surface area contributed by atoms with Crippen LogP contribution in [0.25, 0.3) is 0 Å². The summed E-state index contributed by atoms with van der Waals surface area (Å²) in [6, 6.07) is 33.2. The van der Waals surface area contributed by atoms with Crippen molar-refractivity contribution in [2.45, 2.75) is 0 Å². The van der Waals surface area contributed by atoms with E-state index in [4.69, 9.17) is 9.47 Å². The molecule has 0 aliphatic carbocycles. The number of rotatable bonds is 11. The summed E-state index contributed by atoms with van der Waals surface area (Å²) < 4.78 is 11.3. The first-order valence-corrected chi connectivity index (χ1v) is 12.0. The van der Waals surface area contributed by atoms with Crippen LogP contribution in [-0.4, -0.2) is 38.6 Å². The van der Waals surface area contributed by atoms with E-state index in [1.807, 2.05) is 84.9 Å². The van der Waals surface area contributed by atoms with Gasteiger partial charge in [-0.25, -0.2) is 0 Å². The third kappa shape index (κ3) is 7.60. The van der Waals surface area contributed by atoms with Crippen molar-refractivity contribution >= 4 is 28.9 Å². The van der Waals surface area contributed by atoms with Crippen LogP contribution in [0.2, 0.25) is 0 Å². The minimum absolute atomic E-state index is 0.0997. The molecule has 0 radical (unpaired) electrons. The van der Waals surface area contributed by atoms with Gasteiger partial charge >= 0.3 is 0 Å². The van der Waals surface area contributed by atoms with Crippen LogP contribution in [0.15, 0.2) is 109 Å². The summed E-state index contributed by atoms with van der Waals surface area (Å²) in [6.45, 7) is 0.975. The predicted molar refractivity (Wildman–Crippen MR) is 147 cm³/mol. The smallest absolute Gasteiger partial charge is 0.258 e. The molecule has 0 fully saturated rings. The zero-order valence-electron chi connectivity index (χ0n) is 20.6. The molecule has 0 saturated carbocycles. The molecule has 7 nitrogen and oxygen atoms in total. The second-order valence-electron chi connectivity index (χ2n) is 8.21. The second-order valence-corrected chi connectivity index (χ2v) is 8.21. The molecule has 2 amide bonds. The van der Waals surface area contributed by atoms with Gasteiger partial charge in [-0.2, -0.15) is 0 Å². The first-order chi connectivity index (χ1) is 18.1. The third-order valence-electron chi connectivity index (χ3n) is 5.54. The number of para-hydroxylation sites is 2. The Bertz CT molecular complexity index is 1280. The molecule has 2 N–H and O–H groups in total. The molecule has 7 heteroatoms. The monoisotopic (exact) mass is 495 g/mol. The van der Waals surface area contributed by atoms with E-state index in [-0.39, 0.29) is 18.4 Å². The normalized spacial score (nSPS) is 10.3. The van der Waals surface area contributed by atoms with Gasteiger partial charge in [0.05, 0.1) is 6.54 Å². The average molecular weight is 496 g/mol. The molecule has 4 aromatic carbocycles. The van der Waals surface area contributed by atoms with Gasteiger partial charge in [0.15, 0.2) is 0 Å². The molecule has 0 atom stereocenters. The van der Waals surface area contributed by atoms with Crippen molar-refractivity contribution < 1.29 is 19.1 Å². The summed E-state index contributed by atoms with van der Waals surface area (Å²) in [5, 5.41) is 5.92. The minimum atomic E-state index is -0.195. The molecular formula is C30H29N3O4.